The monoisotopic (exact) mass is 462 g/mol. The third-order valence-corrected chi connectivity index (χ3v) is 4.81. The van der Waals surface area contributed by atoms with Crippen LogP contribution in [0.5, 0.6) is 5.75 Å². The molecular formula is C23H22F4N4O2. The van der Waals surface area contributed by atoms with Crippen molar-refractivity contribution in [2.24, 2.45) is 5.73 Å². The van der Waals surface area contributed by atoms with Gasteiger partial charge in [-0.3, -0.25) is 4.79 Å². The maximum Gasteiger partial charge on any atom is 0.573 e. The van der Waals surface area contributed by atoms with E-state index in [0.29, 0.717) is 18.4 Å². The van der Waals surface area contributed by atoms with Gasteiger partial charge in [0.05, 0.1) is 12.1 Å². The Morgan fingerprint density at radius 1 is 1.03 bits per heavy atom. The van der Waals surface area contributed by atoms with Crippen LogP contribution >= 0.6 is 0 Å². The average molecular weight is 462 g/mol. The Morgan fingerprint density at radius 2 is 1.73 bits per heavy atom. The highest BCUT2D eigenvalue weighted by atomic mass is 19.4. The normalized spacial score (nSPS) is 11.3. The minimum atomic E-state index is -4.79. The van der Waals surface area contributed by atoms with Gasteiger partial charge in [-0.2, -0.15) is 0 Å². The number of amides is 1. The Labute approximate surface area is 188 Å². The Kier molecular flexibility index (Phi) is 7.47. The third-order valence-electron chi connectivity index (χ3n) is 4.81. The molecule has 2 N–H and O–H groups in total. The lowest BCUT2D eigenvalue weighted by Gasteiger charge is -2.20. The Hall–Kier alpha value is -3.69. The van der Waals surface area contributed by atoms with Gasteiger partial charge in [-0.1, -0.05) is 36.4 Å². The largest absolute Gasteiger partial charge is 0.573 e. The van der Waals surface area contributed by atoms with Crippen LogP contribution < -0.4 is 15.4 Å². The van der Waals surface area contributed by atoms with Crippen molar-refractivity contribution in [3.63, 3.8) is 0 Å². The first kappa shape index (κ1) is 24.0. The summed E-state index contributed by atoms with van der Waals surface area (Å²) in [5.41, 5.74) is 7.64. The van der Waals surface area contributed by atoms with Crippen LogP contribution in [0.4, 0.5) is 23.4 Å². The van der Waals surface area contributed by atoms with Crippen LogP contribution in [0.3, 0.4) is 0 Å². The van der Waals surface area contributed by atoms with E-state index in [9.17, 15) is 18.0 Å². The number of aromatic nitrogens is 2. The summed E-state index contributed by atoms with van der Waals surface area (Å²) in [6.07, 6.45) is -2.55. The summed E-state index contributed by atoms with van der Waals surface area (Å²) >= 11 is 0. The molecule has 3 aromatic rings. The lowest BCUT2D eigenvalue weighted by atomic mass is 10.0. The molecule has 0 saturated heterocycles. The van der Waals surface area contributed by atoms with E-state index in [1.165, 1.54) is 29.4 Å². The molecule has 3 rings (SSSR count). The fraction of sp³-hybridized carbons (Fsp3) is 0.261. The number of aryl methyl sites for hydroxylation is 2. The van der Waals surface area contributed by atoms with E-state index in [1.807, 2.05) is 12.1 Å². The second-order valence-electron chi connectivity index (χ2n) is 7.47. The van der Waals surface area contributed by atoms with Crippen LogP contribution in [0.2, 0.25) is 0 Å². The van der Waals surface area contributed by atoms with Crippen molar-refractivity contribution in [3.05, 3.63) is 83.1 Å². The first-order valence-corrected chi connectivity index (χ1v) is 10.0. The SMILES string of the molecule is CN(Cc1cccc(OC(F)(F)F)c1)c1ncnc(CCc2ccc(CC(N)=O)cc2)c1F. The zero-order chi connectivity index (χ0) is 24.0. The highest BCUT2D eigenvalue weighted by molar-refractivity contribution is 5.76. The van der Waals surface area contributed by atoms with Gasteiger partial charge in [0.1, 0.15) is 12.1 Å². The van der Waals surface area contributed by atoms with Gasteiger partial charge in [0.15, 0.2) is 11.6 Å². The molecule has 33 heavy (non-hydrogen) atoms. The Morgan fingerprint density at radius 3 is 2.39 bits per heavy atom. The molecule has 0 bridgehead atoms. The number of halogens is 4. The predicted molar refractivity (Wildman–Crippen MR) is 114 cm³/mol. The zero-order valence-electron chi connectivity index (χ0n) is 17.8. The van der Waals surface area contributed by atoms with Crippen molar-refractivity contribution in [2.45, 2.75) is 32.2 Å². The van der Waals surface area contributed by atoms with Gasteiger partial charge in [-0.05, 0) is 41.7 Å². The first-order chi connectivity index (χ1) is 15.6. The summed E-state index contributed by atoms with van der Waals surface area (Å²) in [7, 11) is 1.59. The van der Waals surface area contributed by atoms with Crippen molar-refractivity contribution in [1.29, 1.82) is 0 Å². The van der Waals surface area contributed by atoms with Gasteiger partial charge < -0.3 is 15.4 Å². The van der Waals surface area contributed by atoms with E-state index >= 15 is 4.39 Å². The van der Waals surface area contributed by atoms with Crippen molar-refractivity contribution < 1.29 is 27.1 Å². The Bertz CT molecular complexity index is 1100. The molecule has 0 aliphatic heterocycles. The summed E-state index contributed by atoms with van der Waals surface area (Å²) in [5, 5.41) is 0. The smallest absolute Gasteiger partial charge is 0.406 e. The number of benzene rings is 2. The van der Waals surface area contributed by atoms with Crippen molar-refractivity contribution in [3.8, 4) is 5.75 Å². The van der Waals surface area contributed by atoms with Crippen LogP contribution in [-0.2, 0) is 30.6 Å². The van der Waals surface area contributed by atoms with Crippen LogP contribution in [0.1, 0.15) is 22.4 Å². The molecule has 0 fully saturated rings. The minimum Gasteiger partial charge on any atom is -0.406 e. The maximum atomic E-state index is 15.0. The second kappa shape index (κ2) is 10.3. The van der Waals surface area contributed by atoms with Gasteiger partial charge >= 0.3 is 6.36 Å². The molecule has 0 radical (unpaired) electrons. The maximum absolute atomic E-state index is 15.0. The quantitative estimate of drug-likeness (QED) is 0.487. The fourth-order valence-corrected chi connectivity index (χ4v) is 3.31. The van der Waals surface area contributed by atoms with Gasteiger partial charge in [-0.25, -0.2) is 14.4 Å². The van der Waals surface area contributed by atoms with Crippen molar-refractivity contribution >= 4 is 11.7 Å². The highest BCUT2D eigenvalue weighted by Gasteiger charge is 2.31. The Balaban J connectivity index is 1.67. The van der Waals surface area contributed by atoms with Gasteiger partial charge in [0, 0.05) is 13.6 Å². The number of rotatable bonds is 9. The summed E-state index contributed by atoms with van der Waals surface area (Å²) in [4.78, 5) is 20.5. The number of anilines is 1. The number of ether oxygens (including phenoxy) is 1. The molecule has 1 heterocycles. The fourth-order valence-electron chi connectivity index (χ4n) is 3.31. The standard InChI is InChI=1S/C23H22F4N4O2/c1-31(13-17-3-2-4-18(11-17)33-23(25,26)27)22-21(24)19(29-14-30-22)10-9-15-5-7-16(8-6-15)12-20(28)32/h2-8,11,14H,9-10,12-13H2,1H3,(H2,28,32). The van der Waals surface area contributed by atoms with Crippen LogP contribution in [-0.4, -0.2) is 29.3 Å². The third kappa shape index (κ3) is 7.16. The number of carbonyl (C=O) groups is 1. The lowest BCUT2D eigenvalue weighted by molar-refractivity contribution is -0.274. The number of hydrogen-bond donors (Lipinski definition) is 1. The molecule has 0 unspecified atom stereocenters. The number of carbonyl (C=O) groups excluding carboxylic acids is 1. The molecule has 0 saturated carbocycles. The molecule has 0 aliphatic rings. The molecule has 10 heteroatoms. The molecule has 0 atom stereocenters. The van der Waals surface area contributed by atoms with E-state index < -0.39 is 18.1 Å². The van der Waals surface area contributed by atoms with E-state index in [1.54, 1.807) is 25.2 Å². The van der Waals surface area contributed by atoms with E-state index in [4.69, 9.17) is 5.73 Å². The minimum absolute atomic E-state index is 0.0407. The lowest BCUT2D eigenvalue weighted by Crippen LogP contribution is -2.21. The molecule has 0 spiro atoms. The number of nitrogens with two attached hydrogens (primary N) is 1. The molecule has 1 amide bonds. The number of alkyl halides is 3. The number of hydrogen-bond acceptors (Lipinski definition) is 5. The topological polar surface area (TPSA) is 81.3 Å². The van der Waals surface area contributed by atoms with E-state index in [0.717, 1.165) is 11.1 Å². The number of primary amides is 1. The second-order valence-corrected chi connectivity index (χ2v) is 7.47. The predicted octanol–water partition coefficient (Wildman–Crippen LogP) is 3.96. The average Bonchev–Trinajstić information content (AvgIpc) is 2.72. The van der Waals surface area contributed by atoms with Crippen molar-refractivity contribution in [2.75, 3.05) is 11.9 Å². The van der Waals surface area contributed by atoms with Crippen molar-refractivity contribution in [1.82, 2.24) is 9.97 Å². The van der Waals surface area contributed by atoms with Crippen LogP contribution in [0.25, 0.3) is 0 Å². The summed E-state index contributed by atoms with van der Waals surface area (Å²) in [5.74, 6) is -1.31. The molecule has 6 nitrogen and oxygen atoms in total. The number of nitrogens with zero attached hydrogens (tertiary/aromatic N) is 3. The van der Waals surface area contributed by atoms with Crippen LogP contribution in [0, 0.1) is 5.82 Å². The highest BCUT2D eigenvalue weighted by Crippen LogP contribution is 2.25. The van der Waals surface area contributed by atoms with Gasteiger partial charge in [0.25, 0.3) is 0 Å². The van der Waals surface area contributed by atoms with Crippen LogP contribution in [0.15, 0.2) is 54.9 Å². The summed E-state index contributed by atoms with van der Waals surface area (Å²) < 4.78 is 56.3. The molecule has 0 aliphatic carbocycles. The van der Waals surface area contributed by atoms with Gasteiger partial charge in [-0.15, -0.1) is 13.2 Å². The van der Waals surface area contributed by atoms with E-state index in [-0.39, 0.29) is 30.2 Å². The molecule has 1 aromatic heterocycles. The van der Waals surface area contributed by atoms with E-state index in [2.05, 4.69) is 14.7 Å². The molecule has 174 valence electrons. The summed E-state index contributed by atoms with van der Waals surface area (Å²) in [6, 6.07) is 12.8. The summed E-state index contributed by atoms with van der Waals surface area (Å²) in [6.45, 7) is 0.115. The zero-order valence-corrected chi connectivity index (χ0v) is 17.8. The first-order valence-electron chi connectivity index (χ1n) is 10.0. The van der Waals surface area contributed by atoms with Gasteiger partial charge in [0.2, 0.25) is 5.91 Å². The molecular weight excluding hydrogens is 440 g/mol. The molecule has 2 aromatic carbocycles.